The molecule has 6 heteroatoms. The van der Waals surface area contributed by atoms with Gasteiger partial charge in [0.2, 0.25) is 0 Å². The predicted octanol–water partition coefficient (Wildman–Crippen LogP) is 1.58. The van der Waals surface area contributed by atoms with Gasteiger partial charge in [0.1, 0.15) is 5.65 Å². The van der Waals surface area contributed by atoms with Crippen molar-refractivity contribution in [1.29, 1.82) is 0 Å². The highest BCUT2D eigenvalue weighted by Gasteiger charge is 2.15. The van der Waals surface area contributed by atoms with E-state index in [9.17, 15) is 10.1 Å². The Morgan fingerprint density at radius 1 is 1.62 bits per heavy atom. The SMILES string of the molecule is O=[N+]([O-])c1cn(P)c2ncccc12. The fraction of sp³-hybridized carbons (Fsp3) is 0. The molecule has 1 unspecified atom stereocenters. The third kappa shape index (κ3) is 1.17. The van der Waals surface area contributed by atoms with Gasteiger partial charge in [-0.25, -0.2) is 4.98 Å². The highest BCUT2D eigenvalue weighted by Crippen LogP contribution is 2.26. The summed E-state index contributed by atoms with van der Waals surface area (Å²) in [7, 11) is 2.36. The third-order valence-corrected chi connectivity index (χ3v) is 2.16. The van der Waals surface area contributed by atoms with Crippen molar-refractivity contribution in [3.05, 3.63) is 34.6 Å². The Bertz CT molecular complexity index is 480. The third-order valence-electron chi connectivity index (χ3n) is 1.77. The zero-order chi connectivity index (χ0) is 9.42. The first-order valence-electron chi connectivity index (χ1n) is 3.55. The topological polar surface area (TPSA) is 61.0 Å². The maximum absolute atomic E-state index is 10.6. The molecule has 2 aromatic heterocycles. The number of nitrogens with zero attached hydrogens (tertiary/aromatic N) is 3. The van der Waals surface area contributed by atoms with E-state index in [0.29, 0.717) is 11.0 Å². The van der Waals surface area contributed by atoms with Crippen LogP contribution in [0, 0.1) is 10.1 Å². The first-order chi connectivity index (χ1) is 6.20. The molecule has 66 valence electrons. The van der Waals surface area contributed by atoms with Crippen molar-refractivity contribution >= 4 is 26.1 Å². The minimum absolute atomic E-state index is 0.0816. The fourth-order valence-corrected chi connectivity index (χ4v) is 1.56. The molecule has 0 aliphatic carbocycles. The summed E-state index contributed by atoms with van der Waals surface area (Å²) in [5.41, 5.74) is 0.678. The average Bonchev–Trinajstić information content (AvgIpc) is 2.45. The largest absolute Gasteiger partial charge is 0.310 e. The lowest BCUT2D eigenvalue weighted by atomic mass is 10.3. The molecule has 2 aromatic rings. The van der Waals surface area contributed by atoms with Gasteiger partial charge in [-0.05, 0) is 21.5 Å². The molecule has 2 heterocycles. The molecule has 0 saturated carbocycles. The summed E-state index contributed by atoms with van der Waals surface area (Å²) in [6.45, 7) is 0. The van der Waals surface area contributed by atoms with Crippen LogP contribution in [0.2, 0.25) is 0 Å². The zero-order valence-corrected chi connectivity index (χ0v) is 7.70. The molecule has 0 N–H and O–H groups in total. The molecule has 1 atom stereocenters. The van der Waals surface area contributed by atoms with E-state index in [4.69, 9.17) is 0 Å². The maximum Gasteiger partial charge on any atom is 0.296 e. The quantitative estimate of drug-likeness (QED) is 0.394. The summed E-state index contributed by atoms with van der Waals surface area (Å²) < 4.78 is 1.56. The second-order valence-electron chi connectivity index (χ2n) is 2.55. The van der Waals surface area contributed by atoms with Crippen molar-refractivity contribution in [2.75, 3.05) is 0 Å². The molecule has 0 amide bonds. The van der Waals surface area contributed by atoms with Crippen molar-refractivity contribution < 1.29 is 4.92 Å². The standard InChI is InChI=1S/C7H6N3O2P/c11-10(12)6-4-9(13)7-5(6)2-1-3-8-7/h1-4H,13H2. The smallest absolute Gasteiger partial charge is 0.296 e. The molecular formula is C7H6N3O2P. The maximum atomic E-state index is 10.6. The number of hydrogen-bond acceptors (Lipinski definition) is 3. The molecule has 0 bridgehead atoms. The van der Waals surface area contributed by atoms with Gasteiger partial charge in [-0.15, -0.1) is 0 Å². The minimum Gasteiger partial charge on any atom is -0.310 e. The van der Waals surface area contributed by atoms with Gasteiger partial charge in [0.05, 0.1) is 16.5 Å². The van der Waals surface area contributed by atoms with Crippen LogP contribution < -0.4 is 0 Å². The van der Waals surface area contributed by atoms with Crippen LogP contribution in [0.4, 0.5) is 5.69 Å². The zero-order valence-electron chi connectivity index (χ0n) is 6.54. The van der Waals surface area contributed by atoms with Crippen molar-refractivity contribution in [3.63, 3.8) is 0 Å². The van der Waals surface area contributed by atoms with E-state index in [0.717, 1.165) is 0 Å². The molecule has 0 aromatic carbocycles. The van der Waals surface area contributed by atoms with Gasteiger partial charge in [-0.3, -0.25) is 10.1 Å². The summed E-state index contributed by atoms with van der Waals surface area (Å²) >= 11 is 0. The van der Waals surface area contributed by atoms with E-state index in [-0.39, 0.29) is 5.69 Å². The van der Waals surface area contributed by atoms with Crippen molar-refractivity contribution in [1.82, 2.24) is 9.32 Å². The highest BCUT2D eigenvalue weighted by molar-refractivity contribution is 7.14. The first-order valence-corrected chi connectivity index (χ1v) is 4.07. The number of aromatic nitrogens is 2. The molecule has 2 rings (SSSR count). The normalized spacial score (nSPS) is 10.5. The minimum atomic E-state index is -0.412. The van der Waals surface area contributed by atoms with E-state index in [1.807, 2.05) is 0 Å². The molecule has 0 radical (unpaired) electrons. The molecule has 0 saturated heterocycles. The monoisotopic (exact) mass is 195 g/mol. The van der Waals surface area contributed by atoms with Crippen LogP contribution in [-0.4, -0.2) is 14.2 Å². The first kappa shape index (κ1) is 8.13. The number of rotatable bonds is 1. The van der Waals surface area contributed by atoms with Crippen LogP contribution in [0.3, 0.4) is 0 Å². The van der Waals surface area contributed by atoms with Gasteiger partial charge in [-0.1, -0.05) is 0 Å². The van der Waals surface area contributed by atoms with Crippen LogP contribution in [0.1, 0.15) is 0 Å². The lowest BCUT2D eigenvalue weighted by Gasteiger charge is -1.89. The van der Waals surface area contributed by atoms with Crippen molar-refractivity contribution in [2.24, 2.45) is 0 Å². The lowest BCUT2D eigenvalue weighted by molar-refractivity contribution is -0.383. The fourth-order valence-electron chi connectivity index (χ4n) is 1.21. The second-order valence-corrected chi connectivity index (χ2v) is 3.11. The molecule has 0 spiro atoms. The van der Waals surface area contributed by atoms with Crippen molar-refractivity contribution in [2.45, 2.75) is 0 Å². The summed E-state index contributed by atoms with van der Waals surface area (Å²) in [4.78, 5) is 14.2. The summed E-state index contributed by atoms with van der Waals surface area (Å²) in [6.07, 6.45) is 3.04. The average molecular weight is 195 g/mol. The van der Waals surface area contributed by atoms with Gasteiger partial charge in [0, 0.05) is 6.20 Å². The van der Waals surface area contributed by atoms with Gasteiger partial charge in [-0.2, -0.15) is 0 Å². The molecule has 0 aliphatic rings. The summed E-state index contributed by atoms with van der Waals surface area (Å²) in [5, 5.41) is 11.1. The molecule has 0 aliphatic heterocycles. The summed E-state index contributed by atoms with van der Waals surface area (Å²) in [6, 6.07) is 3.36. The number of hydrogen-bond donors (Lipinski definition) is 0. The van der Waals surface area contributed by atoms with Gasteiger partial charge in [0.25, 0.3) is 5.69 Å². The Balaban J connectivity index is 2.85. The van der Waals surface area contributed by atoms with Crippen LogP contribution in [0.15, 0.2) is 24.5 Å². The van der Waals surface area contributed by atoms with E-state index < -0.39 is 4.92 Å². The van der Waals surface area contributed by atoms with Crippen LogP contribution >= 0.6 is 9.39 Å². The van der Waals surface area contributed by atoms with Gasteiger partial charge in [0.15, 0.2) is 0 Å². The van der Waals surface area contributed by atoms with Crippen LogP contribution in [0.25, 0.3) is 11.0 Å². The Labute approximate surface area is 75.8 Å². The summed E-state index contributed by atoms with van der Waals surface area (Å²) in [5.74, 6) is 0. The lowest BCUT2D eigenvalue weighted by Crippen LogP contribution is -1.84. The van der Waals surface area contributed by atoms with Gasteiger partial charge >= 0.3 is 0 Å². The molecule has 5 nitrogen and oxygen atoms in total. The Hall–Kier alpha value is -1.48. The van der Waals surface area contributed by atoms with E-state index in [1.54, 1.807) is 22.7 Å². The Morgan fingerprint density at radius 2 is 2.38 bits per heavy atom. The predicted molar refractivity (Wildman–Crippen MR) is 51.5 cm³/mol. The Kier molecular flexibility index (Phi) is 1.74. The molecule has 0 fully saturated rings. The number of pyridine rings is 1. The van der Waals surface area contributed by atoms with E-state index in [1.165, 1.54) is 6.20 Å². The Morgan fingerprint density at radius 3 is 3.08 bits per heavy atom. The number of nitro groups is 1. The highest BCUT2D eigenvalue weighted by atomic mass is 31.0. The molecular weight excluding hydrogens is 189 g/mol. The van der Waals surface area contributed by atoms with Gasteiger partial charge < -0.3 is 4.34 Å². The number of fused-ring (bicyclic) bond motifs is 1. The van der Waals surface area contributed by atoms with Crippen LogP contribution in [-0.2, 0) is 0 Å². The second kappa shape index (κ2) is 2.78. The molecule has 13 heavy (non-hydrogen) atoms. The van der Waals surface area contributed by atoms with Crippen LogP contribution in [0.5, 0.6) is 0 Å². The van der Waals surface area contributed by atoms with E-state index in [2.05, 4.69) is 14.4 Å². The van der Waals surface area contributed by atoms with E-state index >= 15 is 0 Å². The van der Waals surface area contributed by atoms with Crippen molar-refractivity contribution in [3.8, 4) is 0 Å².